The monoisotopic (exact) mass is 404 g/mol. The Hall–Kier alpha value is -2.34. The summed E-state index contributed by atoms with van der Waals surface area (Å²) < 4.78 is 5.13. The van der Waals surface area contributed by atoms with Gasteiger partial charge in [0.05, 0.1) is 22.7 Å². The van der Waals surface area contributed by atoms with Gasteiger partial charge in [-0.2, -0.15) is 0 Å². The number of amides is 1. The molecule has 0 aliphatic heterocycles. The summed E-state index contributed by atoms with van der Waals surface area (Å²) in [4.78, 5) is 16.9. The molecule has 0 bridgehead atoms. The summed E-state index contributed by atoms with van der Waals surface area (Å²) >= 11 is 13.3. The number of rotatable bonds is 5. The van der Waals surface area contributed by atoms with Gasteiger partial charge in [0, 0.05) is 11.9 Å². The number of halogens is 2. The molecule has 0 spiro atoms. The highest BCUT2D eigenvalue weighted by Gasteiger charge is 2.13. The lowest BCUT2D eigenvalue weighted by Gasteiger charge is -2.06. The van der Waals surface area contributed by atoms with Gasteiger partial charge in [0.15, 0.2) is 0 Å². The van der Waals surface area contributed by atoms with Gasteiger partial charge in [-0.25, -0.2) is 4.99 Å². The second-order valence-electron chi connectivity index (χ2n) is 5.25. The minimum atomic E-state index is -0.258. The van der Waals surface area contributed by atoms with Crippen LogP contribution in [0.4, 0.5) is 10.7 Å². The van der Waals surface area contributed by atoms with Crippen LogP contribution in [0.15, 0.2) is 58.9 Å². The van der Waals surface area contributed by atoms with Gasteiger partial charge >= 0.3 is 0 Å². The van der Waals surface area contributed by atoms with E-state index < -0.39 is 0 Å². The normalized spacial score (nSPS) is 10.9. The lowest BCUT2D eigenvalue weighted by atomic mass is 10.2. The smallest absolute Gasteiger partial charge is 0.258 e. The summed E-state index contributed by atoms with van der Waals surface area (Å²) in [5.74, 6) is 0.520. The minimum Gasteiger partial charge on any atom is -0.497 e. The highest BCUT2D eigenvalue weighted by molar-refractivity contribution is 7.14. The van der Waals surface area contributed by atoms with Crippen molar-refractivity contribution in [2.24, 2.45) is 4.99 Å². The molecule has 7 heteroatoms. The molecule has 3 aromatic rings. The molecular formula is C19H14Cl2N2O2S. The molecule has 0 saturated heterocycles. The van der Waals surface area contributed by atoms with Crippen LogP contribution in [-0.4, -0.2) is 19.2 Å². The van der Waals surface area contributed by atoms with Crippen LogP contribution in [0.1, 0.15) is 15.9 Å². The molecule has 3 rings (SSSR count). The third-order valence-electron chi connectivity index (χ3n) is 3.51. The number of methoxy groups -OCH3 is 1. The maximum Gasteiger partial charge on any atom is 0.258 e. The molecule has 132 valence electrons. The molecule has 4 nitrogen and oxygen atoms in total. The third-order valence-corrected chi connectivity index (χ3v) is 5.07. The molecule has 1 aromatic heterocycles. The average Bonchev–Trinajstić information content (AvgIpc) is 3.12. The zero-order chi connectivity index (χ0) is 18.5. The SMILES string of the molecule is COc1ccc(C=Nc2sccc2C(=O)Nc2ccc(Cl)c(Cl)c2)cc1. The van der Waals surface area contributed by atoms with Crippen LogP contribution in [0.2, 0.25) is 10.0 Å². The summed E-state index contributed by atoms with van der Waals surface area (Å²) in [7, 11) is 1.62. The number of nitrogens with zero attached hydrogens (tertiary/aromatic N) is 1. The molecule has 0 fully saturated rings. The van der Waals surface area contributed by atoms with E-state index in [9.17, 15) is 4.79 Å². The molecule has 0 atom stereocenters. The van der Waals surface area contributed by atoms with E-state index >= 15 is 0 Å². The molecular weight excluding hydrogens is 391 g/mol. The molecule has 1 heterocycles. The van der Waals surface area contributed by atoms with E-state index in [0.717, 1.165) is 11.3 Å². The fraction of sp³-hybridized carbons (Fsp3) is 0.0526. The molecule has 0 radical (unpaired) electrons. The number of hydrogen-bond donors (Lipinski definition) is 1. The first-order valence-electron chi connectivity index (χ1n) is 7.59. The molecule has 0 saturated carbocycles. The Labute approximate surface area is 165 Å². The first kappa shape index (κ1) is 18.5. The number of thiophene rings is 1. The predicted octanol–water partition coefficient (Wildman–Crippen LogP) is 6.07. The van der Waals surface area contributed by atoms with Crippen molar-refractivity contribution in [3.8, 4) is 5.75 Å². The van der Waals surface area contributed by atoms with E-state index in [1.165, 1.54) is 11.3 Å². The van der Waals surface area contributed by atoms with Crippen LogP contribution >= 0.6 is 34.5 Å². The Morgan fingerprint density at radius 3 is 2.58 bits per heavy atom. The molecule has 0 aliphatic carbocycles. The summed E-state index contributed by atoms with van der Waals surface area (Å²) in [6.45, 7) is 0. The number of aliphatic imine (C=N–C) groups is 1. The first-order chi connectivity index (χ1) is 12.6. The number of hydrogen-bond acceptors (Lipinski definition) is 4. The number of anilines is 1. The fourth-order valence-corrected chi connectivity index (χ4v) is 3.20. The topological polar surface area (TPSA) is 50.7 Å². The lowest BCUT2D eigenvalue weighted by molar-refractivity contribution is 0.102. The Morgan fingerprint density at radius 1 is 1.12 bits per heavy atom. The van der Waals surface area contributed by atoms with Gasteiger partial charge in [-0.15, -0.1) is 11.3 Å². The van der Waals surface area contributed by atoms with E-state index in [1.54, 1.807) is 37.6 Å². The summed E-state index contributed by atoms with van der Waals surface area (Å²) in [6, 6.07) is 14.2. The predicted molar refractivity (Wildman–Crippen MR) is 109 cm³/mol. The van der Waals surface area contributed by atoms with Crippen LogP contribution in [0, 0.1) is 0 Å². The molecule has 1 amide bonds. The summed E-state index contributed by atoms with van der Waals surface area (Å²) in [5.41, 5.74) is 1.97. The van der Waals surface area contributed by atoms with Crippen molar-refractivity contribution in [3.05, 3.63) is 75.1 Å². The number of carbonyl (C=O) groups excluding carboxylic acids is 1. The van der Waals surface area contributed by atoms with Crippen molar-refractivity contribution in [1.29, 1.82) is 0 Å². The third kappa shape index (κ3) is 4.43. The first-order valence-corrected chi connectivity index (χ1v) is 9.22. The number of nitrogens with one attached hydrogen (secondary N) is 1. The highest BCUT2D eigenvalue weighted by atomic mass is 35.5. The minimum absolute atomic E-state index is 0.258. The molecule has 0 aliphatic rings. The standard InChI is InChI=1S/C19H14Cl2N2O2S/c1-25-14-5-2-12(3-6-14)11-22-19-15(8-9-26-19)18(24)23-13-4-7-16(20)17(21)10-13/h2-11H,1H3,(H,23,24). The number of ether oxygens (including phenoxy) is 1. The second-order valence-corrected chi connectivity index (χ2v) is 6.96. The van der Waals surface area contributed by atoms with Crippen molar-refractivity contribution in [1.82, 2.24) is 0 Å². The van der Waals surface area contributed by atoms with Crippen molar-refractivity contribution >= 4 is 57.3 Å². The molecule has 1 N–H and O–H groups in total. The van der Waals surface area contributed by atoms with Gasteiger partial charge in [-0.1, -0.05) is 23.2 Å². The van der Waals surface area contributed by atoms with Crippen LogP contribution < -0.4 is 10.1 Å². The van der Waals surface area contributed by atoms with Gasteiger partial charge in [0.1, 0.15) is 10.8 Å². The lowest BCUT2D eigenvalue weighted by Crippen LogP contribution is -2.11. The van der Waals surface area contributed by atoms with Gasteiger partial charge in [0.2, 0.25) is 0 Å². The Bertz CT molecular complexity index is 952. The second kappa shape index (κ2) is 8.36. The Kier molecular flexibility index (Phi) is 5.93. The zero-order valence-electron chi connectivity index (χ0n) is 13.7. The quantitative estimate of drug-likeness (QED) is 0.524. The van der Waals surface area contributed by atoms with Crippen LogP contribution in [0.25, 0.3) is 0 Å². The molecule has 2 aromatic carbocycles. The van der Waals surface area contributed by atoms with Gasteiger partial charge < -0.3 is 10.1 Å². The maximum atomic E-state index is 12.5. The van der Waals surface area contributed by atoms with Crippen LogP contribution in [-0.2, 0) is 0 Å². The Morgan fingerprint density at radius 2 is 1.88 bits per heavy atom. The zero-order valence-corrected chi connectivity index (χ0v) is 16.0. The highest BCUT2D eigenvalue weighted by Crippen LogP contribution is 2.29. The van der Waals surface area contributed by atoms with Crippen molar-refractivity contribution in [2.45, 2.75) is 0 Å². The summed E-state index contributed by atoms with van der Waals surface area (Å²) in [5, 5.41) is 6.06. The van der Waals surface area contributed by atoms with Gasteiger partial charge in [0.25, 0.3) is 5.91 Å². The van der Waals surface area contributed by atoms with E-state index in [-0.39, 0.29) is 5.91 Å². The molecule has 26 heavy (non-hydrogen) atoms. The summed E-state index contributed by atoms with van der Waals surface area (Å²) in [6.07, 6.45) is 1.71. The van der Waals surface area contributed by atoms with Crippen molar-refractivity contribution in [3.63, 3.8) is 0 Å². The van der Waals surface area contributed by atoms with E-state index in [0.29, 0.717) is 26.3 Å². The number of carbonyl (C=O) groups is 1. The van der Waals surface area contributed by atoms with Crippen molar-refractivity contribution < 1.29 is 9.53 Å². The van der Waals surface area contributed by atoms with Crippen molar-refractivity contribution in [2.75, 3.05) is 12.4 Å². The number of benzene rings is 2. The Balaban J connectivity index is 1.75. The van der Waals surface area contributed by atoms with E-state index in [4.69, 9.17) is 27.9 Å². The fourth-order valence-electron chi connectivity index (χ4n) is 2.17. The average molecular weight is 405 g/mol. The maximum absolute atomic E-state index is 12.5. The van der Waals surface area contributed by atoms with E-state index in [1.807, 2.05) is 29.6 Å². The van der Waals surface area contributed by atoms with Gasteiger partial charge in [-0.05, 0) is 59.5 Å². The van der Waals surface area contributed by atoms with Crippen LogP contribution in [0.3, 0.4) is 0 Å². The van der Waals surface area contributed by atoms with Gasteiger partial charge in [-0.3, -0.25) is 4.79 Å². The van der Waals surface area contributed by atoms with Crippen LogP contribution in [0.5, 0.6) is 5.75 Å². The largest absolute Gasteiger partial charge is 0.497 e. The van der Waals surface area contributed by atoms with E-state index in [2.05, 4.69) is 10.3 Å². The molecule has 0 unspecified atom stereocenters.